The van der Waals surface area contributed by atoms with Crippen molar-refractivity contribution in [3.63, 3.8) is 0 Å². The van der Waals surface area contributed by atoms with Gasteiger partial charge in [0.15, 0.2) is 16.6 Å². The number of rotatable bonds is 18. The Morgan fingerprint density at radius 1 is 0.743 bits per heavy atom. The molecule has 0 radical (unpaired) electrons. The SMILES string of the molecule is C=C(CC(=O)NCCC[Si](C)(C)OC(C)(C)O[Si](C)(C)CCCNC(=O)CC(=C)C(=O)O)C(=O)O. The molecule has 0 atom stereocenters. The van der Waals surface area contributed by atoms with Crippen molar-refractivity contribution < 1.29 is 38.2 Å². The maximum Gasteiger partial charge on any atom is 0.331 e. The molecule has 0 unspecified atom stereocenters. The van der Waals surface area contributed by atoms with Crippen LogP contribution in [0.3, 0.4) is 0 Å². The van der Waals surface area contributed by atoms with Crippen molar-refractivity contribution in [3.05, 3.63) is 24.3 Å². The quantitative estimate of drug-likeness (QED) is 0.0912. The van der Waals surface area contributed by atoms with Gasteiger partial charge in [0.2, 0.25) is 11.8 Å². The molecule has 0 rings (SSSR count). The standard InChI is InChI=1S/C23H42N2O8Si2/c1-17(21(28)29)15-19(26)24-11-9-13-34(5,6)32-23(3,4)33-35(7,8)14-10-12-25-20(27)16-18(2)22(30)31/h1-2,9-16H2,3-8H3,(H,24,26)(H,25,27)(H,28,29)(H,30,31). The van der Waals surface area contributed by atoms with Crippen LogP contribution in [0.25, 0.3) is 0 Å². The highest BCUT2D eigenvalue weighted by atomic mass is 28.4. The number of aliphatic carboxylic acids is 2. The van der Waals surface area contributed by atoms with Crippen LogP contribution in [0.5, 0.6) is 0 Å². The van der Waals surface area contributed by atoms with Gasteiger partial charge in [-0.25, -0.2) is 9.59 Å². The lowest BCUT2D eigenvalue weighted by Gasteiger charge is -2.40. The van der Waals surface area contributed by atoms with E-state index in [0.29, 0.717) is 25.9 Å². The predicted molar refractivity (Wildman–Crippen MR) is 139 cm³/mol. The van der Waals surface area contributed by atoms with E-state index < -0.39 is 34.4 Å². The summed E-state index contributed by atoms with van der Waals surface area (Å²) in [6.45, 7) is 19.7. The van der Waals surface area contributed by atoms with Crippen molar-refractivity contribution in [1.29, 1.82) is 0 Å². The van der Waals surface area contributed by atoms with Crippen molar-refractivity contribution >= 4 is 40.4 Å². The van der Waals surface area contributed by atoms with E-state index in [2.05, 4.69) is 50.0 Å². The van der Waals surface area contributed by atoms with Crippen LogP contribution < -0.4 is 10.6 Å². The lowest BCUT2D eigenvalue weighted by molar-refractivity contribution is -0.134. The second-order valence-electron chi connectivity index (χ2n) is 10.2. The highest BCUT2D eigenvalue weighted by Gasteiger charge is 2.36. The maximum absolute atomic E-state index is 11.8. The zero-order valence-corrected chi connectivity index (χ0v) is 23.9. The summed E-state index contributed by atoms with van der Waals surface area (Å²) in [5, 5.41) is 23.0. The summed E-state index contributed by atoms with van der Waals surface area (Å²) < 4.78 is 12.8. The summed E-state index contributed by atoms with van der Waals surface area (Å²) in [7, 11) is -4.23. The molecule has 0 aliphatic heterocycles. The van der Waals surface area contributed by atoms with Crippen LogP contribution in [0.15, 0.2) is 24.3 Å². The van der Waals surface area contributed by atoms with Crippen molar-refractivity contribution in [2.75, 3.05) is 13.1 Å². The molecule has 0 aliphatic rings. The first kappa shape index (κ1) is 32.7. The maximum atomic E-state index is 11.8. The Morgan fingerprint density at radius 2 is 1.06 bits per heavy atom. The number of carboxylic acids is 2. The molecular formula is C23H42N2O8Si2. The van der Waals surface area contributed by atoms with Gasteiger partial charge in [0.1, 0.15) is 5.79 Å². The normalized spacial score (nSPS) is 12.1. The zero-order chi connectivity index (χ0) is 27.4. The molecule has 0 spiro atoms. The number of carbonyl (C=O) groups is 4. The highest BCUT2D eigenvalue weighted by Crippen LogP contribution is 2.28. The van der Waals surface area contributed by atoms with Crippen molar-refractivity contribution in [1.82, 2.24) is 10.6 Å². The zero-order valence-electron chi connectivity index (χ0n) is 21.9. The van der Waals surface area contributed by atoms with Gasteiger partial charge in [0.05, 0.1) is 12.8 Å². The molecule has 0 saturated carbocycles. The van der Waals surface area contributed by atoms with E-state index in [1.165, 1.54) is 0 Å². The van der Waals surface area contributed by atoms with Crippen molar-refractivity contribution in [3.8, 4) is 0 Å². The first-order valence-corrected chi connectivity index (χ1v) is 17.8. The lowest BCUT2D eigenvalue weighted by Crippen LogP contribution is -2.48. The predicted octanol–water partition coefficient (Wildman–Crippen LogP) is 3.24. The summed E-state index contributed by atoms with van der Waals surface area (Å²) in [6, 6.07) is 1.57. The van der Waals surface area contributed by atoms with Gasteiger partial charge < -0.3 is 29.7 Å². The molecule has 0 aromatic rings. The smallest absolute Gasteiger partial charge is 0.331 e. The fourth-order valence-electron chi connectivity index (χ4n) is 3.60. The summed E-state index contributed by atoms with van der Waals surface area (Å²) in [5.41, 5.74) is -0.282. The minimum absolute atomic E-state index is 0.141. The molecular weight excluding hydrogens is 488 g/mol. The third-order valence-electron chi connectivity index (χ3n) is 4.95. The van der Waals surface area contributed by atoms with E-state index in [-0.39, 0.29) is 35.8 Å². The van der Waals surface area contributed by atoms with Gasteiger partial charge in [0.25, 0.3) is 0 Å². The van der Waals surface area contributed by atoms with Gasteiger partial charge >= 0.3 is 11.9 Å². The van der Waals surface area contributed by atoms with Crippen LogP contribution in [0.4, 0.5) is 0 Å². The summed E-state index contributed by atoms with van der Waals surface area (Å²) in [5.74, 6) is -3.87. The summed E-state index contributed by atoms with van der Waals surface area (Å²) in [4.78, 5) is 45.0. The van der Waals surface area contributed by atoms with Crippen LogP contribution >= 0.6 is 0 Å². The van der Waals surface area contributed by atoms with Crippen LogP contribution in [-0.4, -0.2) is 69.5 Å². The molecule has 0 bridgehead atoms. The van der Waals surface area contributed by atoms with Gasteiger partial charge in [0, 0.05) is 24.2 Å². The third kappa shape index (κ3) is 16.1. The van der Waals surface area contributed by atoms with Crippen LogP contribution in [-0.2, 0) is 28.0 Å². The van der Waals surface area contributed by atoms with E-state index in [1.54, 1.807) is 0 Å². The molecule has 2 amide bonds. The van der Waals surface area contributed by atoms with Gasteiger partial charge in [-0.15, -0.1) is 0 Å². The fraction of sp³-hybridized carbons (Fsp3) is 0.652. The number of carbonyl (C=O) groups excluding carboxylic acids is 2. The average Bonchev–Trinajstić information content (AvgIpc) is 2.66. The first-order valence-electron chi connectivity index (χ1n) is 11.6. The Labute approximate surface area is 210 Å². The number of nitrogens with one attached hydrogen (secondary N) is 2. The molecule has 35 heavy (non-hydrogen) atoms. The summed E-state index contributed by atoms with van der Waals surface area (Å²) >= 11 is 0. The Bertz CT molecular complexity index is 745. The monoisotopic (exact) mass is 530 g/mol. The second kappa shape index (κ2) is 14.3. The molecule has 0 aromatic heterocycles. The van der Waals surface area contributed by atoms with Crippen LogP contribution in [0.2, 0.25) is 38.3 Å². The van der Waals surface area contributed by atoms with Gasteiger partial charge in [-0.3, -0.25) is 9.59 Å². The van der Waals surface area contributed by atoms with E-state index in [4.69, 9.17) is 19.1 Å². The molecule has 0 heterocycles. The first-order chi connectivity index (χ1) is 15.9. The lowest BCUT2D eigenvalue weighted by atomic mass is 10.2. The molecule has 10 nitrogen and oxygen atoms in total. The molecule has 0 fully saturated rings. The molecule has 200 valence electrons. The van der Waals surface area contributed by atoms with Crippen LogP contribution in [0.1, 0.15) is 39.5 Å². The van der Waals surface area contributed by atoms with Gasteiger partial charge in [-0.1, -0.05) is 13.2 Å². The molecule has 4 N–H and O–H groups in total. The largest absolute Gasteiger partial charge is 0.478 e. The number of hydrogen-bond donors (Lipinski definition) is 4. The Kier molecular flexibility index (Phi) is 13.4. The Hall–Kier alpha value is -2.29. The Balaban J connectivity index is 4.43. The molecule has 0 aliphatic carbocycles. The van der Waals surface area contributed by atoms with Crippen LogP contribution in [0, 0.1) is 0 Å². The molecule has 0 saturated heterocycles. The van der Waals surface area contributed by atoms with E-state index in [0.717, 1.165) is 12.1 Å². The van der Waals surface area contributed by atoms with E-state index in [1.807, 2.05) is 13.8 Å². The minimum atomic E-state index is -2.12. The fourth-order valence-corrected chi connectivity index (χ4v) is 8.69. The topological polar surface area (TPSA) is 151 Å². The van der Waals surface area contributed by atoms with E-state index >= 15 is 0 Å². The molecule has 0 aromatic carbocycles. The van der Waals surface area contributed by atoms with Gasteiger partial charge in [-0.2, -0.15) is 0 Å². The number of carboxylic acid groups (broad SMARTS) is 2. The number of amides is 2. The summed E-state index contributed by atoms with van der Waals surface area (Å²) in [6.07, 6.45) is 0.952. The number of hydrogen-bond acceptors (Lipinski definition) is 6. The van der Waals surface area contributed by atoms with Crippen molar-refractivity contribution in [2.45, 2.75) is 83.6 Å². The van der Waals surface area contributed by atoms with Gasteiger partial charge in [-0.05, 0) is 65.0 Å². The van der Waals surface area contributed by atoms with E-state index in [9.17, 15) is 19.2 Å². The highest BCUT2D eigenvalue weighted by molar-refractivity contribution is 6.72. The second-order valence-corrected chi connectivity index (χ2v) is 18.6. The van der Waals surface area contributed by atoms with Crippen molar-refractivity contribution in [2.24, 2.45) is 0 Å². The Morgan fingerprint density at radius 3 is 1.34 bits per heavy atom. The molecule has 12 heteroatoms. The third-order valence-corrected chi connectivity index (χ3v) is 10.2. The minimum Gasteiger partial charge on any atom is -0.478 e. The average molecular weight is 531 g/mol.